The van der Waals surface area contributed by atoms with E-state index in [1.807, 2.05) is 26.0 Å². The summed E-state index contributed by atoms with van der Waals surface area (Å²) in [7, 11) is 0. The molecule has 0 saturated heterocycles. The monoisotopic (exact) mass is 249 g/mol. The molecule has 1 heterocycles. The molecule has 1 aliphatic heterocycles. The van der Waals surface area contributed by atoms with Crippen molar-refractivity contribution in [1.29, 1.82) is 0 Å². The number of aliphatic hydroxyl groups excluding tert-OH is 1. The highest BCUT2D eigenvalue weighted by atomic mass is 16.5. The van der Waals surface area contributed by atoms with Crippen molar-refractivity contribution in [2.75, 3.05) is 11.7 Å². The number of allylic oxidation sites excluding steroid dienone is 1. The van der Waals surface area contributed by atoms with Crippen LogP contribution in [-0.2, 0) is 0 Å². The van der Waals surface area contributed by atoms with E-state index in [0.29, 0.717) is 12.3 Å². The Morgan fingerprint density at radius 3 is 2.61 bits per heavy atom. The van der Waals surface area contributed by atoms with Gasteiger partial charge in [0.05, 0.1) is 12.3 Å². The van der Waals surface area contributed by atoms with Crippen LogP contribution >= 0.6 is 0 Å². The number of aliphatic hydroxyl groups is 1. The number of hydrogen-bond acceptors (Lipinski definition) is 4. The van der Waals surface area contributed by atoms with Crippen molar-refractivity contribution in [3.63, 3.8) is 0 Å². The smallest absolute Gasteiger partial charge is 0.123 e. The van der Waals surface area contributed by atoms with Crippen LogP contribution in [0.2, 0.25) is 0 Å². The number of hydroxylamine groups is 1. The van der Waals surface area contributed by atoms with Crippen molar-refractivity contribution in [3.05, 3.63) is 29.5 Å². The molecule has 0 aliphatic carbocycles. The van der Waals surface area contributed by atoms with Crippen LogP contribution in [0, 0.1) is 0 Å². The molecular weight excluding hydrogens is 230 g/mol. The van der Waals surface area contributed by atoms with Crippen LogP contribution in [-0.4, -0.2) is 22.5 Å². The van der Waals surface area contributed by atoms with E-state index < -0.39 is 5.54 Å². The van der Waals surface area contributed by atoms with Crippen molar-refractivity contribution in [2.24, 2.45) is 0 Å². The largest absolute Gasteiger partial charge is 0.509 e. The lowest BCUT2D eigenvalue weighted by atomic mass is 9.88. The number of nitrogens with zero attached hydrogens (tertiary/aromatic N) is 1. The van der Waals surface area contributed by atoms with Gasteiger partial charge in [-0.25, -0.2) is 5.06 Å². The van der Waals surface area contributed by atoms with E-state index in [1.54, 1.807) is 19.9 Å². The Morgan fingerprint density at radius 2 is 2.00 bits per heavy atom. The van der Waals surface area contributed by atoms with Gasteiger partial charge in [-0.3, -0.25) is 5.21 Å². The summed E-state index contributed by atoms with van der Waals surface area (Å²) < 4.78 is 5.44. The summed E-state index contributed by atoms with van der Waals surface area (Å²) in [4.78, 5) is 0. The summed E-state index contributed by atoms with van der Waals surface area (Å²) in [5.41, 5.74) is 1.42. The normalized spacial score (nSPS) is 17.7. The molecule has 1 aromatic rings. The first-order chi connectivity index (χ1) is 8.39. The fraction of sp³-hybridized carbons (Fsp3) is 0.429. The summed E-state index contributed by atoms with van der Waals surface area (Å²) >= 11 is 0. The Bertz CT molecular complexity index is 506. The number of ether oxygens (including phenoxy) is 1. The number of hydrogen-bond donors (Lipinski definition) is 2. The third kappa shape index (κ3) is 1.73. The molecular formula is C14H19NO3. The first-order valence-corrected chi connectivity index (χ1v) is 6.06. The fourth-order valence-corrected chi connectivity index (χ4v) is 2.24. The minimum absolute atomic E-state index is 0.172. The second-order valence-electron chi connectivity index (χ2n) is 4.96. The van der Waals surface area contributed by atoms with Gasteiger partial charge < -0.3 is 9.84 Å². The molecule has 0 bridgehead atoms. The second-order valence-corrected chi connectivity index (χ2v) is 4.96. The lowest BCUT2D eigenvalue weighted by Gasteiger charge is -2.40. The van der Waals surface area contributed by atoms with Crippen LogP contribution < -0.4 is 9.80 Å². The molecule has 0 spiro atoms. The minimum atomic E-state index is -0.815. The summed E-state index contributed by atoms with van der Waals surface area (Å²) in [6, 6.07) is 5.46. The Labute approximate surface area is 107 Å². The van der Waals surface area contributed by atoms with Crippen molar-refractivity contribution < 1.29 is 15.1 Å². The van der Waals surface area contributed by atoms with Crippen LogP contribution in [0.3, 0.4) is 0 Å². The molecule has 0 unspecified atom stereocenters. The summed E-state index contributed by atoms with van der Waals surface area (Å²) in [5, 5.41) is 21.5. The van der Waals surface area contributed by atoms with Crippen LogP contribution in [0.1, 0.15) is 33.3 Å². The quantitative estimate of drug-likeness (QED) is 0.843. The second kappa shape index (κ2) is 4.21. The number of fused-ring (bicyclic) bond motifs is 1. The van der Waals surface area contributed by atoms with Gasteiger partial charge in [0.1, 0.15) is 17.0 Å². The standard InChI is InChI=1S/C14H19NO3/c1-5-18-10-6-7-12-11(8-10)9(2)13(16)14(3,4)15(12)17/h6-8,16-17H,5H2,1-4H3. The highest BCUT2D eigenvalue weighted by Gasteiger charge is 2.38. The Hall–Kier alpha value is -1.68. The van der Waals surface area contributed by atoms with Crippen LogP contribution in [0.15, 0.2) is 24.0 Å². The zero-order valence-electron chi connectivity index (χ0n) is 11.2. The van der Waals surface area contributed by atoms with Gasteiger partial charge in [-0.15, -0.1) is 0 Å². The fourth-order valence-electron chi connectivity index (χ4n) is 2.24. The molecule has 0 radical (unpaired) electrons. The van der Waals surface area contributed by atoms with E-state index in [-0.39, 0.29) is 5.76 Å². The third-order valence-electron chi connectivity index (χ3n) is 3.38. The maximum atomic E-state index is 10.2. The van der Waals surface area contributed by atoms with Crippen LogP contribution in [0.5, 0.6) is 5.75 Å². The van der Waals surface area contributed by atoms with Gasteiger partial charge in [0.15, 0.2) is 0 Å². The van der Waals surface area contributed by atoms with E-state index in [2.05, 4.69) is 0 Å². The molecule has 0 aromatic heterocycles. The molecule has 4 nitrogen and oxygen atoms in total. The molecule has 1 aliphatic rings. The molecule has 0 saturated carbocycles. The molecule has 4 heteroatoms. The first-order valence-electron chi connectivity index (χ1n) is 6.06. The summed E-state index contributed by atoms with van der Waals surface area (Å²) in [6.45, 7) is 7.89. The molecule has 2 N–H and O–H groups in total. The average molecular weight is 249 g/mol. The molecule has 18 heavy (non-hydrogen) atoms. The van der Waals surface area contributed by atoms with Gasteiger partial charge in [-0.05, 0) is 51.5 Å². The Kier molecular flexibility index (Phi) is 2.99. The van der Waals surface area contributed by atoms with Gasteiger partial charge in [0.2, 0.25) is 0 Å². The predicted octanol–water partition coefficient (Wildman–Crippen LogP) is 3.36. The summed E-state index contributed by atoms with van der Waals surface area (Å²) in [5.74, 6) is 0.905. The predicted molar refractivity (Wildman–Crippen MR) is 71.2 cm³/mol. The number of anilines is 1. The highest BCUT2D eigenvalue weighted by molar-refractivity contribution is 5.82. The van der Waals surface area contributed by atoms with Crippen LogP contribution in [0.25, 0.3) is 5.57 Å². The van der Waals surface area contributed by atoms with E-state index >= 15 is 0 Å². The molecule has 0 amide bonds. The zero-order valence-corrected chi connectivity index (χ0v) is 11.2. The van der Waals surface area contributed by atoms with Gasteiger partial charge in [-0.2, -0.15) is 0 Å². The zero-order chi connectivity index (χ0) is 13.5. The van der Waals surface area contributed by atoms with Crippen molar-refractivity contribution in [1.82, 2.24) is 0 Å². The van der Waals surface area contributed by atoms with E-state index in [9.17, 15) is 10.3 Å². The summed E-state index contributed by atoms with van der Waals surface area (Å²) in [6.07, 6.45) is 0. The molecule has 1 aromatic carbocycles. The van der Waals surface area contributed by atoms with E-state index in [4.69, 9.17) is 4.74 Å². The molecule has 0 atom stereocenters. The van der Waals surface area contributed by atoms with Crippen molar-refractivity contribution in [2.45, 2.75) is 33.2 Å². The minimum Gasteiger partial charge on any atom is -0.509 e. The van der Waals surface area contributed by atoms with Gasteiger partial charge >= 0.3 is 0 Å². The lowest BCUT2D eigenvalue weighted by molar-refractivity contribution is 0.153. The first kappa shape index (κ1) is 12.8. The number of benzene rings is 1. The van der Waals surface area contributed by atoms with E-state index in [1.165, 1.54) is 0 Å². The van der Waals surface area contributed by atoms with Gasteiger partial charge in [0.25, 0.3) is 0 Å². The molecule has 98 valence electrons. The topological polar surface area (TPSA) is 52.9 Å². The van der Waals surface area contributed by atoms with Crippen LogP contribution in [0.4, 0.5) is 5.69 Å². The average Bonchev–Trinajstić information content (AvgIpc) is 2.35. The maximum Gasteiger partial charge on any atom is 0.123 e. The van der Waals surface area contributed by atoms with Gasteiger partial charge in [0, 0.05) is 5.56 Å². The number of rotatable bonds is 2. The van der Waals surface area contributed by atoms with Gasteiger partial charge in [-0.1, -0.05) is 0 Å². The third-order valence-corrected chi connectivity index (χ3v) is 3.38. The molecule has 2 rings (SSSR count). The maximum absolute atomic E-state index is 10.2. The van der Waals surface area contributed by atoms with Crippen molar-refractivity contribution in [3.8, 4) is 5.75 Å². The molecule has 0 fully saturated rings. The Morgan fingerprint density at radius 1 is 1.33 bits per heavy atom. The Balaban J connectivity index is 2.59. The lowest BCUT2D eigenvalue weighted by Crippen LogP contribution is -2.46. The van der Waals surface area contributed by atoms with E-state index in [0.717, 1.165) is 21.9 Å². The van der Waals surface area contributed by atoms with Crippen molar-refractivity contribution >= 4 is 11.3 Å². The SMILES string of the molecule is CCOc1ccc2c(c1)C(C)=C(O)C(C)(C)N2O. The highest BCUT2D eigenvalue weighted by Crippen LogP contribution is 2.42.